The van der Waals surface area contributed by atoms with E-state index >= 15 is 0 Å². The third-order valence-corrected chi connectivity index (χ3v) is 1.77. The Morgan fingerprint density at radius 3 is 2.11 bits per heavy atom. The van der Waals surface area contributed by atoms with Crippen molar-refractivity contribution in [2.24, 2.45) is 10.2 Å². The van der Waals surface area contributed by atoms with Gasteiger partial charge in [-0.15, -0.1) is 0 Å². The van der Waals surface area contributed by atoms with Crippen LogP contribution in [0.25, 0.3) is 0 Å². The van der Waals surface area contributed by atoms with Crippen LogP contribution in [0, 0.1) is 6.92 Å². The summed E-state index contributed by atoms with van der Waals surface area (Å²) in [7, 11) is 0. The van der Waals surface area contributed by atoms with Gasteiger partial charge in [0.25, 0.3) is 0 Å². The first-order chi connectivity index (χ1) is 4.04. The van der Waals surface area contributed by atoms with E-state index < -0.39 is 0 Å². The Bertz CT molecular complexity index is 187. The van der Waals surface area contributed by atoms with E-state index in [2.05, 4.69) is 17.2 Å². The quantitative estimate of drug-likeness (QED) is 0.472. The number of hydrogen-bond donors (Lipinski definition) is 0. The monoisotopic (exact) mass is 123 g/mol. The molecule has 1 rings (SSSR count). The molecular weight excluding hydrogens is 112 g/mol. The molecule has 2 heteroatoms. The van der Waals surface area contributed by atoms with Crippen LogP contribution in [0.5, 0.6) is 0 Å². The van der Waals surface area contributed by atoms with Gasteiger partial charge >= 0.3 is 0 Å². The SMILES string of the molecule is [CH2]C1(C)N=NC(C)=C1C. The molecule has 0 fully saturated rings. The topological polar surface area (TPSA) is 24.7 Å². The second-order valence-electron chi connectivity index (χ2n) is 2.68. The Morgan fingerprint density at radius 2 is 2.00 bits per heavy atom. The molecule has 1 atom stereocenters. The number of hydrogen-bond acceptors (Lipinski definition) is 2. The summed E-state index contributed by atoms with van der Waals surface area (Å²) in [4.78, 5) is 0. The summed E-state index contributed by atoms with van der Waals surface area (Å²) in [6, 6.07) is 0. The largest absolute Gasteiger partial charge is 0.178 e. The van der Waals surface area contributed by atoms with Crippen molar-refractivity contribution in [3.8, 4) is 0 Å². The van der Waals surface area contributed by atoms with Crippen molar-refractivity contribution in [1.82, 2.24) is 0 Å². The van der Waals surface area contributed by atoms with Crippen molar-refractivity contribution in [2.45, 2.75) is 26.3 Å². The van der Waals surface area contributed by atoms with Gasteiger partial charge in [-0.3, -0.25) is 0 Å². The van der Waals surface area contributed by atoms with Crippen molar-refractivity contribution in [1.29, 1.82) is 0 Å². The lowest BCUT2D eigenvalue weighted by Crippen LogP contribution is -2.15. The van der Waals surface area contributed by atoms with Gasteiger partial charge in [0.05, 0.1) is 5.70 Å². The molecule has 0 saturated heterocycles. The maximum atomic E-state index is 3.97. The normalized spacial score (nSPS) is 23.6. The molecule has 1 radical (unpaired) electrons. The van der Waals surface area contributed by atoms with Gasteiger partial charge in [0.1, 0.15) is 5.54 Å². The number of nitrogens with zero attached hydrogens (tertiary/aromatic N) is 2. The predicted octanol–water partition coefficient (Wildman–Crippen LogP) is 2.34. The van der Waals surface area contributed by atoms with Gasteiger partial charge in [-0.25, -0.2) is 0 Å². The molecule has 1 aliphatic rings. The van der Waals surface area contributed by atoms with Crippen LogP contribution in [-0.4, -0.2) is 5.54 Å². The maximum absolute atomic E-state index is 3.97. The average molecular weight is 123 g/mol. The van der Waals surface area contributed by atoms with E-state index in [0.717, 1.165) is 5.70 Å². The van der Waals surface area contributed by atoms with Crippen molar-refractivity contribution < 1.29 is 0 Å². The molecule has 0 saturated carbocycles. The second-order valence-corrected chi connectivity index (χ2v) is 2.68. The van der Waals surface area contributed by atoms with Gasteiger partial charge in [0.15, 0.2) is 0 Å². The van der Waals surface area contributed by atoms with Crippen LogP contribution in [0.1, 0.15) is 20.8 Å². The van der Waals surface area contributed by atoms with E-state index in [1.54, 1.807) is 0 Å². The fraction of sp³-hybridized carbons (Fsp3) is 0.571. The van der Waals surface area contributed by atoms with E-state index in [4.69, 9.17) is 0 Å². The van der Waals surface area contributed by atoms with Crippen molar-refractivity contribution >= 4 is 0 Å². The molecule has 0 aromatic heterocycles. The van der Waals surface area contributed by atoms with Crippen LogP contribution >= 0.6 is 0 Å². The summed E-state index contributed by atoms with van der Waals surface area (Å²) in [6.07, 6.45) is 0. The summed E-state index contributed by atoms with van der Waals surface area (Å²) >= 11 is 0. The van der Waals surface area contributed by atoms with Crippen LogP contribution in [0.3, 0.4) is 0 Å². The van der Waals surface area contributed by atoms with Gasteiger partial charge in [-0.05, 0) is 33.3 Å². The van der Waals surface area contributed by atoms with E-state index in [1.165, 1.54) is 5.57 Å². The van der Waals surface area contributed by atoms with E-state index in [9.17, 15) is 0 Å². The smallest absolute Gasteiger partial charge is 0.102 e. The molecule has 0 bridgehead atoms. The molecule has 0 aromatic carbocycles. The summed E-state index contributed by atoms with van der Waals surface area (Å²) in [5, 5.41) is 7.88. The molecule has 1 aliphatic heterocycles. The minimum absolute atomic E-state index is 0.288. The zero-order valence-corrected chi connectivity index (χ0v) is 6.10. The number of azo groups is 1. The zero-order valence-electron chi connectivity index (χ0n) is 6.10. The minimum atomic E-state index is -0.288. The average Bonchev–Trinajstić information content (AvgIpc) is 1.97. The zero-order chi connectivity index (χ0) is 7.07. The highest BCUT2D eigenvalue weighted by Crippen LogP contribution is 2.29. The number of allylic oxidation sites excluding steroid dienone is 1. The number of rotatable bonds is 0. The fourth-order valence-electron chi connectivity index (χ4n) is 0.725. The molecule has 1 heterocycles. The maximum Gasteiger partial charge on any atom is 0.102 e. The molecule has 49 valence electrons. The van der Waals surface area contributed by atoms with Gasteiger partial charge in [0, 0.05) is 0 Å². The first-order valence-corrected chi connectivity index (χ1v) is 3.00. The molecule has 1 unspecified atom stereocenters. The molecule has 0 N–H and O–H groups in total. The highest BCUT2D eigenvalue weighted by molar-refractivity contribution is 5.26. The molecule has 2 nitrogen and oxygen atoms in total. The second kappa shape index (κ2) is 1.66. The Hall–Kier alpha value is -0.660. The van der Waals surface area contributed by atoms with E-state index in [0.29, 0.717) is 0 Å². The first kappa shape index (κ1) is 6.46. The van der Waals surface area contributed by atoms with Crippen molar-refractivity contribution in [3.05, 3.63) is 18.2 Å². The molecule has 9 heavy (non-hydrogen) atoms. The summed E-state index contributed by atoms with van der Waals surface area (Å²) in [5.41, 5.74) is 1.89. The van der Waals surface area contributed by atoms with Gasteiger partial charge in [0.2, 0.25) is 0 Å². The first-order valence-electron chi connectivity index (χ1n) is 3.00. The van der Waals surface area contributed by atoms with Crippen molar-refractivity contribution in [3.63, 3.8) is 0 Å². The lowest BCUT2D eigenvalue weighted by molar-refractivity contribution is 0.677. The minimum Gasteiger partial charge on any atom is -0.178 e. The van der Waals surface area contributed by atoms with Crippen LogP contribution < -0.4 is 0 Å². The lowest BCUT2D eigenvalue weighted by Gasteiger charge is -2.12. The Morgan fingerprint density at radius 1 is 1.44 bits per heavy atom. The van der Waals surface area contributed by atoms with Gasteiger partial charge < -0.3 is 0 Å². The molecular formula is C7H11N2. The van der Waals surface area contributed by atoms with Crippen LogP contribution in [0.15, 0.2) is 21.5 Å². The highest BCUT2D eigenvalue weighted by atomic mass is 15.2. The molecule has 0 amide bonds. The lowest BCUT2D eigenvalue weighted by atomic mass is 9.97. The summed E-state index contributed by atoms with van der Waals surface area (Å²) < 4.78 is 0. The summed E-state index contributed by atoms with van der Waals surface area (Å²) in [6.45, 7) is 9.81. The highest BCUT2D eigenvalue weighted by Gasteiger charge is 2.25. The Balaban J connectivity index is 3.01. The standard InChI is InChI=1S/C7H11N2/c1-5-6(2)8-9-7(5,3)4/h3H2,1-2,4H3. The third-order valence-electron chi connectivity index (χ3n) is 1.77. The van der Waals surface area contributed by atoms with Gasteiger partial charge in [-0.1, -0.05) is 0 Å². The van der Waals surface area contributed by atoms with Crippen molar-refractivity contribution in [2.75, 3.05) is 0 Å². The third kappa shape index (κ3) is 0.889. The van der Waals surface area contributed by atoms with Crippen LogP contribution in [0.2, 0.25) is 0 Å². The Kier molecular flexibility index (Phi) is 1.19. The van der Waals surface area contributed by atoms with E-state index in [1.807, 2.05) is 20.8 Å². The van der Waals surface area contributed by atoms with Crippen LogP contribution in [-0.2, 0) is 0 Å². The molecule has 0 spiro atoms. The summed E-state index contributed by atoms with van der Waals surface area (Å²) in [5.74, 6) is 0. The fourth-order valence-corrected chi connectivity index (χ4v) is 0.725. The Labute approximate surface area is 55.7 Å². The molecule has 0 aliphatic carbocycles. The van der Waals surface area contributed by atoms with Crippen LogP contribution in [0.4, 0.5) is 0 Å². The predicted molar refractivity (Wildman–Crippen MR) is 37.0 cm³/mol. The molecule has 0 aromatic rings. The van der Waals surface area contributed by atoms with E-state index in [-0.39, 0.29) is 5.54 Å². The van der Waals surface area contributed by atoms with Gasteiger partial charge in [-0.2, -0.15) is 10.2 Å².